The molecule has 11 heteroatoms. The Kier molecular flexibility index (Phi) is 8.20. The van der Waals surface area contributed by atoms with Crippen LogP contribution in [0.15, 0.2) is 36.7 Å². The van der Waals surface area contributed by atoms with Gasteiger partial charge in [-0.15, -0.1) is 11.3 Å². The van der Waals surface area contributed by atoms with Gasteiger partial charge in [0.25, 0.3) is 5.91 Å². The third-order valence-corrected chi connectivity index (χ3v) is 6.88. The van der Waals surface area contributed by atoms with Gasteiger partial charge < -0.3 is 21.5 Å². The molecule has 35 heavy (non-hydrogen) atoms. The van der Waals surface area contributed by atoms with Crippen molar-refractivity contribution in [2.24, 2.45) is 5.92 Å². The number of aliphatic hydroxyl groups is 1. The lowest BCUT2D eigenvalue weighted by Gasteiger charge is -2.31. The standard InChI is InChI=1S/C24H28N8O2S/c25-12-18-19(26)11-21(31-22(18)28-7-10-33)23(34)29-13-16-4-8-32(9-5-16)15-17-14-30-24(35-17)20-3-1-2-6-27-20/h1-3,6,11,14,16,33H,4-5,7-10,13,15H2,(H,29,34)(H3,26,28,31). The number of hydrogen-bond acceptors (Lipinski definition) is 10. The lowest BCUT2D eigenvalue weighted by molar-refractivity contribution is 0.0930. The van der Waals surface area contributed by atoms with Crippen molar-refractivity contribution in [1.29, 1.82) is 5.26 Å². The van der Waals surface area contributed by atoms with Crippen molar-refractivity contribution in [1.82, 2.24) is 25.2 Å². The Morgan fingerprint density at radius 2 is 2.14 bits per heavy atom. The Bertz CT molecular complexity index is 1190. The molecule has 3 aromatic rings. The Morgan fingerprint density at radius 1 is 1.31 bits per heavy atom. The molecule has 1 aliphatic heterocycles. The number of nitrogens with zero attached hydrogens (tertiary/aromatic N) is 5. The van der Waals surface area contributed by atoms with Crippen LogP contribution in [-0.4, -0.2) is 63.7 Å². The van der Waals surface area contributed by atoms with Gasteiger partial charge in [-0.25, -0.2) is 9.97 Å². The maximum atomic E-state index is 12.7. The fourth-order valence-corrected chi connectivity index (χ4v) is 4.92. The molecule has 10 nitrogen and oxygen atoms in total. The number of nitrogens with two attached hydrogens (primary N) is 1. The Labute approximate surface area is 207 Å². The number of likely N-dealkylation sites (tertiary alicyclic amines) is 1. The van der Waals surface area contributed by atoms with Gasteiger partial charge in [0, 0.05) is 36.9 Å². The van der Waals surface area contributed by atoms with E-state index in [4.69, 9.17) is 10.8 Å². The number of pyridine rings is 2. The highest BCUT2D eigenvalue weighted by Crippen LogP contribution is 2.26. The van der Waals surface area contributed by atoms with Gasteiger partial charge in [-0.2, -0.15) is 5.26 Å². The van der Waals surface area contributed by atoms with Crippen LogP contribution in [0.5, 0.6) is 0 Å². The van der Waals surface area contributed by atoms with Gasteiger partial charge in [-0.3, -0.25) is 14.7 Å². The summed E-state index contributed by atoms with van der Waals surface area (Å²) in [6.07, 6.45) is 5.68. The molecule has 1 amide bonds. The molecular weight excluding hydrogens is 464 g/mol. The summed E-state index contributed by atoms with van der Waals surface area (Å²) >= 11 is 1.67. The number of hydrogen-bond donors (Lipinski definition) is 4. The number of piperidine rings is 1. The van der Waals surface area contributed by atoms with E-state index in [-0.39, 0.29) is 41.8 Å². The van der Waals surface area contributed by atoms with Crippen LogP contribution in [-0.2, 0) is 6.54 Å². The molecule has 0 aromatic carbocycles. The van der Waals surface area contributed by atoms with E-state index in [1.807, 2.05) is 30.5 Å². The predicted molar refractivity (Wildman–Crippen MR) is 135 cm³/mol. The quantitative estimate of drug-likeness (QED) is 0.352. The summed E-state index contributed by atoms with van der Waals surface area (Å²) < 4.78 is 0. The lowest BCUT2D eigenvalue weighted by Crippen LogP contribution is -2.38. The Balaban J connectivity index is 1.26. The number of nitrogens with one attached hydrogen (secondary N) is 2. The lowest BCUT2D eigenvalue weighted by atomic mass is 9.96. The van der Waals surface area contributed by atoms with Crippen LogP contribution in [0.2, 0.25) is 0 Å². The third-order valence-electron chi connectivity index (χ3n) is 5.87. The molecule has 0 spiro atoms. The van der Waals surface area contributed by atoms with E-state index < -0.39 is 0 Å². The first-order valence-electron chi connectivity index (χ1n) is 11.5. The number of carbonyl (C=O) groups is 1. The fourth-order valence-electron chi connectivity index (χ4n) is 3.99. The number of nitrogen functional groups attached to an aromatic ring is 1. The minimum Gasteiger partial charge on any atom is -0.397 e. The van der Waals surface area contributed by atoms with Crippen molar-refractivity contribution in [2.75, 3.05) is 43.8 Å². The summed E-state index contributed by atoms with van der Waals surface area (Å²) in [4.78, 5) is 29.4. The van der Waals surface area contributed by atoms with Gasteiger partial charge in [-0.05, 0) is 50.0 Å². The van der Waals surface area contributed by atoms with Crippen molar-refractivity contribution in [2.45, 2.75) is 19.4 Å². The molecule has 0 unspecified atom stereocenters. The zero-order valence-corrected chi connectivity index (χ0v) is 20.1. The molecule has 0 radical (unpaired) electrons. The Morgan fingerprint density at radius 3 is 2.86 bits per heavy atom. The summed E-state index contributed by atoms with van der Waals surface area (Å²) in [6, 6.07) is 9.22. The number of nitriles is 1. The number of aromatic nitrogens is 3. The van der Waals surface area contributed by atoms with Crippen LogP contribution in [0.1, 0.15) is 33.8 Å². The third kappa shape index (κ3) is 6.30. The molecular formula is C24H28N8O2S. The van der Waals surface area contributed by atoms with Crippen LogP contribution in [0, 0.1) is 17.2 Å². The van der Waals surface area contributed by atoms with Crippen LogP contribution in [0.4, 0.5) is 11.5 Å². The summed E-state index contributed by atoms with van der Waals surface area (Å²) in [6.45, 7) is 3.40. The van der Waals surface area contributed by atoms with E-state index in [1.165, 1.54) is 10.9 Å². The molecule has 0 bridgehead atoms. The highest BCUT2D eigenvalue weighted by Gasteiger charge is 2.22. The first-order valence-corrected chi connectivity index (χ1v) is 12.3. The minimum atomic E-state index is -0.331. The van der Waals surface area contributed by atoms with Gasteiger partial charge in [0.2, 0.25) is 0 Å². The van der Waals surface area contributed by atoms with Gasteiger partial charge in [0.1, 0.15) is 28.2 Å². The smallest absolute Gasteiger partial charge is 0.270 e. The second kappa shape index (κ2) is 11.7. The van der Waals surface area contributed by atoms with Crippen molar-refractivity contribution in [3.63, 3.8) is 0 Å². The molecule has 1 fully saturated rings. The topological polar surface area (TPSA) is 153 Å². The zero-order valence-electron chi connectivity index (χ0n) is 19.3. The molecule has 182 valence electrons. The van der Waals surface area contributed by atoms with E-state index in [9.17, 15) is 10.1 Å². The van der Waals surface area contributed by atoms with E-state index in [2.05, 4.69) is 30.5 Å². The maximum absolute atomic E-state index is 12.7. The van der Waals surface area contributed by atoms with Gasteiger partial charge in [0.15, 0.2) is 0 Å². The number of rotatable bonds is 9. The van der Waals surface area contributed by atoms with Gasteiger partial charge in [-0.1, -0.05) is 6.07 Å². The summed E-state index contributed by atoms with van der Waals surface area (Å²) in [5.41, 5.74) is 7.32. The number of anilines is 2. The number of carbonyl (C=O) groups excluding carboxylic acids is 1. The number of aliphatic hydroxyl groups excluding tert-OH is 1. The molecule has 0 aliphatic carbocycles. The Hall–Kier alpha value is -3.59. The zero-order chi connectivity index (χ0) is 24.6. The summed E-state index contributed by atoms with van der Waals surface area (Å²) in [5, 5.41) is 25.0. The van der Waals surface area contributed by atoms with Crippen LogP contribution in [0.3, 0.4) is 0 Å². The van der Waals surface area contributed by atoms with Crippen molar-refractivity contribution in [3.8, 4) is 16.8 Å². The second-order valence-electron chi connectivity index (χ2n) is 8.36. The predicted octanol–water partition coefficient (Wildman–Crippen LogP) is 2.10. The van der Waals surface area contributed by atoms with Crippen molar-refractivity contribution < 1.29 is 9.90 Å². The van der Waals surface area contributed by atoms with Crippen LogP contribution < -0.4 is 16.4 Å². The van der Waals surface area contributed by atoms with Crippen molar-refractivity contribution in [3.05, 3.63) is 52.8 Å². The molecule has 0 saturated carbocycles. The largest absolute Gasteiger partial charge is 0.397 e. The van der Waals surface area contributed by atoms with E-state index in [1.54, 1.807) is 17.5 Å². The monoisotopic (exact) mass is 492 g/mol. The van der Waals surface area contributed by atoms with Crippen LogP contribution in [0.25, 0.3) is 10.7 Å². The maximum Gasteiger partial charge on any atom is 0.270 e. The molecule has 4 rings (SSSR count). The SMILES string of the molecule is N#Cc1c(N)cc(C(=O)NCC2CCN(Cc3cnc(-c4ccccn4)s3)CC2)nc1NCCO. The van der Waals surface area contributed by atoms with Crippen molar-refractivity contribution >= 4 is 28.7 Å². The normalized spacial score (nSPS) is 14.4. The first-order chi connectivity index (χ1) is 17.1. The highest BCUT2D eigenvalue weighted by atomic mass is 32.1. The average Bonchev–Trinajstić information content (AvgIpc) is 3.35. The summed E-state index contributed by atoms with van der Waals surface area (Å²) in [7, 11) is 0. The highest BCUT2D eigenvalue weighted by molar-refractivity contribution is 7.14. The molecule has 1 aliphatic rings. The van der Waals surface area contributed by atoms with Crippen LogP contribution >= 0.6 is 11.3 Å². The number of thiazole rings is 1. The first kappa shape index (κ1) is 24.5. The average molecular weight is 493 g/mol. The molecule has 3 aromatic heterocycles. The van der Waals surface area contributed by atoms with E-state index in [0.29, 0.717) is 12.5 Å². The van der Waals surface area contributed by atoms with E-state index in [0.717, 1.165) is 43.2 Å². The minimum absolute atomic E-state index is 0.129. The van der Waals surface area contributed by atoms with E-state index >= 15 is 0 Å². The second-order valence-corrected chi connectivity index (χ2v) is 9.47. The summed E-state index contributed by atoms with van der Waals surface area (Å²) in [5.74, 6) is 0.250. The van der Waals surface area contributed by atoms with Gasteiger partial charge in [0.05, 0.1) is 18.0 Å². The molecule has 5 N–H and O–H groups in total. The molecule has 1 saturated heterocycles. The number of amides is 1. The molecule has 4 heterocycles. The fraction of sp³-hybridized carbons (Fsp3) is 0.375. The van der Waals surface area contributed by atoms with Gasteiger partial charge >= 0.3 is 0 Å². The molecule has 0 atom stereocenters.